The summed E-state index contributed by atoms with van der Waals surface area (Å²) in [5.74, 6) is -0.478. The fourth-order valence-electron chi connectivity index (χ4n) is 2.94. The molecule has 0 bridgehead atoms. The Hall–Kier alpha value is -2.57. The first-order valence-electron chi connectivity index (χ1n) is 9.01. The van der Waals surface area contributed by atoms with E-state index in [1.807, 2.05) is 30.3 Å². The van der Waals surface area contributed by atoms with Gasteiger partial charge in [-0.25, -0.2) is 0 Å². The summed E-state index contributed by atoms with van der Waals surface area (Å²) in [5, 5.41) is 11.4. The number of rotatable bonds is 9. The van der Waals surface area contributed by atoms with Crippen LogP contribution in [-0.4, -0.2) is 54.0 Å². The summed E-state index contributed by atoms with van der Waals surface area (Å²) in [6.07, 6.45) is 2.26. The Kier molecular flexibility index (Phi) is 7.92. The van der Waals surface area contributed by atoms with E-state index in [-0.39, 0.29) is 30.6 Å². The van der Waals surface area contributed by atoms with E-state index in [0.29, 0.717) is 32.7 Å². The fraction of sp³-hybridized carbons (Fsp3) is 0.526. The van der Waals surface area contributed by atoms with Crippen molar-refractivity contribution in [2.24, 2.45) is 5.92 Å². The first kappa shape index (κ1) is 19.8. The van der Waals surface area contributed by atoms with Gasteiger partial charge in [-0.05, 0) is 31.4 Å². The maximum atomic E-state index is 12.3. The molecule has 7 nitrogen and oxygen atoms in total. The van der Waals surface area contributed by atoms with Crippen LogP contribution in [0.4, 0.5) is 0 Å². The molecule has 1 unspecified atom stereocenters. The molecule has 1 atom stereocenters. The molecule has 1 aromatic rings. The van der Waals surface area contributed by atoms with Crippen molar-refractivity contribution in [2.45, 2.75) is 32.1 Å². The summed E-state index contributed by atoms with van der Waals surface area (Å²) >= 11 is 0. The number of benzene rings is 1. The number of carboxylic acids is 1. The molecule has 26 heavy (non-hydrogen) atoms. The zero-order chi connectivity index (χ0) is 18.8. The number of piperidine rings is 1. The lowest BCUT2D eigenvalue weighted by Gasteiger charge is -2.32. The number of likely N-dealkylation sites (tertiary alicyclic amines) is 1. The van der Waals surface area contributed by atoms with Crippen LogP contribution < -0.4 is 10.1 Å². The third kappa shape index (κ3) is 6.74. The molecule has 0 spiro atoms. The van der Waals surface area contributed by atoms with Crippen LogP contribution in [0.3, 0.4) is 0 Å². The number of carboxylic acid groups (broad SMARTS) is 1. The van der Waals surface area contributed by atoms with E-state index in [0.717, 1.165) is 18.6 Å². The second-order valence-electron chi connectivity index (χ2n) is 6.38. The Bertz CT molecular complexity index is 605. The van der Waals surface area contributed by atoms with E-state index >= 15 is 0 Å². The lowest BCUT2D eigenvalue weighted by atomic mass is 9.97. The van der Waals surface area contributed by atoms with Gasteiger partial charge in [0.05, 0.1) is 18.9 Å². The number of ether oxygens (including phenoxy) is 1. The summed E-state index contributed by atoms with van der Waals surface area (Å²) in [6, 6.07) is 9.34. The SMILES string of the molecule is O=C(O)CCCNC(=O)C1CCCN(C(=O)CCOc2ccccc2)C1. The Morgan fingerprint density at radius 3 is 2.69 bits per heavy atom. The van der Waals surface area contributed by atoms with Crippen molar-refractivity contribution in [3.8, 4) is 5.75 Å². The quantitative estimate of drug-likeness (QED) is 0.652. The molecule has 0 radical (unpaired) electrons. The molecule has 1 aliphatic heterocycles. The largest absolute Gasteiger partial charge is 0.493 e. The molecule has 1 fully saturated rings. The third-order valence-corrected chi connectivity index (χ3v) is 4.34. The van der Waals surface area contributed by atoms with Gasteiger partial charge in [0.2, 0.25) is 11.8 Å². The van der Waals surface area contributed by atoms with Gasteiger partial charge >= 0.3 is 5.97 Å². The average Bonchev–Trinajstić information content (AvgIpc) is 2.66. The van der Waals surface area contributed by atoms with Gasteiger partial charge in [0.25, 0.3) is 0 Å². The summed E-state index contributed by atoms with van der Waals surface area (Å²) in [4.78, 5) is 36.7. The first-order chi connectivity index (χ1) is 12.6. The fourth-order valence-corrected chi connectivity index (χ4v) is 2.94. The molecule has 2 rings (SSSR count). The molecule has 7 heteroatoms. The van der Waals surface area contributed by atoms with Crippen molar-refractivity contribution < 1.29 is 24.2 Å². The van der Waals surface area contributed by atoms with Crippen molar-refractivity contribution in [1.29, 1.82) is 0 Å². The van der Waals surface area contributed by atoms with Gasteiger partial charge in [-0.15, -0.1) is 0 Å². The summed E-state index contributed by atoms with van der Waals surface area (Å²) in [5.41, 5.74) is 0. The Labute approximate surface area is 153 Å². The molecule has 142 valence electrons. The van der Waals surface area contributed by atoms with Crippen LogP contribution >= 0.6 is 0 Å². The van der Waals surface area contributed by atoms with Crippen LogP contribution in [0, 0.1) is 5.92 Å². The zero-order valence-corrected chi connectivity index (χ0v) is 14.9. The van der Waals surface area contributed by atoms with E-state index in [4.69, 9.17) is 9.84 Å². The minimum atomic E-state index is -0.869. The molecule has 1 saturated heterocycles. The number of aliphatic carboxylic acids is 1. The second kappa shape index (κ2) is 10.4. The Balaban J connectivity index is 1.69. The molecule has 0 saturated carbocycles. The topological polar surface area (TPSA) is 95.9 Å². The Morgan fingerprint density at radius 1 is 1.19 bits per heavy atom. The lowest BCUT2D eigenvalue weighted by molar-refractivity contribution is -0.138. The number of nitrogens with zero attached hydrogens (tertiary/aromatic N) is 1. The van der Waals surface area contributed by atoms with Crippen molar-refractivity contribution >= 4 is 17.8 Å². The molecular weight excluding hydrogens is 336 g/mol. The van der Waals surface area contributed by atoms with Crippen molar-refractivity contribution in [3.05, 3.63) is 30.3 Å². The van der Waals surface area contributed by atoms with Gasteiger partial charge in [0, 0.05) is 26.1 Å². The van der Waals surface area contributed by atoms with E-state index < -0.39 is 5.97 Å². The van der Waals surface area contributed by atoms with Gasteiger partial charge in [-0.3, -0.25) is 14.4 Å². The monoisotopic (exact) mass is 362 g/mol. The van der Waals surface area contributed by atoms with E-state index in [9.17, 15) is 14.4 Å². The van der Waals surface area contributed by atoms with Crippen molar-refractivity contribution in [2.75, 3.05) is 26.2 Å². The number of para-hydroxylation sites is 1. The number of amides is 2. The predicted octanol–water partition coefficient (Wildman–Crippen LogP) is 1.68. The lowest BCUT2D eigenvalue weighted by Crippen LogP contribution is -2.45. The van der Waals surface area contributed by atoms with Crippen LogP contribution in [0.5, 0.6) is 5.75 Å². The predicted molar refractivity (Wildman–Crippen MR) is 95.7 cm³/mol. The number of hydrogen-bond acceptors (Lipinski definition) is 4. The average molecular weight is 362 g/mol. The van der Waals surface area contributed by atoms with Gasteiger partial charge in [-0.1, -0.05) is 18.2 Å². The number of nitrogens with one attached hydrogen (secondary N) is 1. The smallest absolute Gasteiger partial charge is 0.303 e. The summed E-state index contributed by atoms with van der Waals surface area (Å²) in [7, 11) is 0. The molecular formula is C19H26N2O5. The zero-order valence-electron chi connectivity index (χ0n) is 14.9. The normalized spacial score (nSPS) is 16.8. The number of carbonyl (C=O) groups is 3. The van der Waals surface area contributed by atoms with Gasteiger partial charge in [0.1, 0.15) is 5.75 Å². The molecule has 1 heterocycles. The Morgan fingerprint density at radius 2 is 1.96 bits per heavy atom. The molecule has 1 aliphatic rings. The highest BCUT2D eigenvalue weighted by molar-refractivity contribution is 5.81. The maximum Gasteiger partial charge on any atom is 0.303 e. The van der Waals surface area contributed by atoms with Crippen LogP contribution in [-0.2, 0) is 14.4 Å². The van der Waals surface area contributed by atoms with Crippen molar-refractivity contribution in [3.63, 3.8) is 0 Å². The minimum absolute atomic E-state index is 0.00990. The van der Waals surface area contributed by atoms with E-state index in [1.54, 1.807) is 4.90 Å². The number of carbonyl (C=O) groups excluding carboxylic acids is 2. The highest BCUT2D eigenvalue weighted by Gasteiger charge is 2.28. The maximum absolute atomic E-state index is 12.3. The molecule has 2 amide bonds. The van der Waals surface area contributed by atoms with Crippen LogP contribution in [0.1, 0.15) is 32.1 Å². The highest BCUT2D eigenvalue weighted by Crippen LogP contribution is 2.18. The molecule has 1 aromatic carbocycles. The molecule has 0 aromatic heterocycles. The number of hydrogen-bond donors (Lipinski definition) is 2. The molecule has 2 N–H and O–H groups in total. The second-order valence-corrected chi connectivity index (χ2v) is 6.38. The summed E-state index contributed by atoms with van der Waals surface area (Å²) < 4.78 is 5.55. The van der Waals surface area contributed by atoms with Crippen LogP contribution in [0.25, 0.3) is 0 Å². The van der Waals surface area contributed by atoms with Gasteiger partial charge in [-0.2, -0.15) is 0 Å². The van der Waals surface area contributed by atoms with Gasteiger partial charge < -0.3 is 20.1 Å². The van der Waals surface area contributed by atoms with Gasteiger partial charge in [0.15, 0.2) is 0 Å². The van der Waals surface area contributed by atoms with E-state index in [2.05, 4.69) is 5.32 Å². The highest BCUT2D eigenvalue weighted by atomic mass is 16.5. The van der Waals surface area contributed by atoms with Crippen molar-refractivity contribution in [1.82, 2.24) is 10.2 Å². The summed E-state index contributed by atoms with van der Waals surface area (Å²) in [6.45, 7) is 1.73. The first-order valence-corrected chi connectivity index (χ1v) is 9.01. The van der Waals surface area contributed by atoms with Crippen LogP contribution in [0.2, 0.25) is 0 Å². The molecule has 0 aliphatic carbocycles. The minimum Gasteiger partial charge on any atom is -0.493 e. The van der Waals surface area contributed by atoms with E-state index in [1.165, 1.54) is 0 Å². The van der Waals surface area contributed by atoms with Crippen LogP contribution in [0.15, 0.2) is 30.3 Å². The standard InChI is InChI=1S/C19H26N2O5/c22-17(10-13-26-16-7-2-1-3-8-16)21-12-5-6-15(14-21)19(25)20-11-4-9-18(23)24/h1-3,7-8,15H,4-6,9-14H2,(H,20,25)(H,23,24). The third-order valence-electron chi connectivity index (χ3n) is 4.34.